The van der Waals surface area contributed by atoms with Crippen molar-refractivity contribution in [2.45, 2.75) is 0 Å². The van der Waals surface area contributed by atoms with Crippen molar-refractivity contribution in [3.8, 4) is 0 Å². The van der Waals surface area contributed by atoms with Crippen molar-refractivity contribution in [1.82, 2.24) is 5.64 Å². The zero-order valence-electron chi connectivity index (χ0n) is 5.48. The molecule has 0 bridgehead atoms. The molecule has 0 saturated heterocycles. The third-order valence-corrected chi connectivity index (χ3v) is 0.836. The molecule has 0 aliphatic rings. The molecule has 3 N–H and O–H groups in total. The van der Waals surface area contributed by atoms with E-state index >= 15 is 0 Å². The fourth-order valence-corrected chi connectivity index (χ4v) is 0.383. The zero-order chi connectivity index (χ0) is 9.12. The maximum atomic E-state index is 9.63. The third-order valence-electron chi connectivity index (χ3n) is 0.279. The minimum atomic E-state index is -4.86. The van der Waals surface area contributed by atoms with Gasteiger partial charge in [-0.2, -0.15) is 16.8 Å². The second kappa shape index (κ2) is 6.08. The molecular formula is H5F2NO8S2. The van der Waals surface area contributed by atoms with E-state index in [1.807, 2.05) is 0 Å². The van der Waals surface area contributed by atoms with E-state index in [9.17, 15) is 16.8 Å². The zero-order valence-corrected chi connectivity index (χ0v) is 7.11. The predicted molar refractivity (Wildman–Crippen MR) is 33.4 cm³/mol. The molecule has 0 saturated carbocycles. The summed E-state index contributed by atoms with van der Waals surface area (Å²) in [4.78, 5) is 0. The van der Waals surface area contributed by atoms with Gasteiger partial charge in [-0.05, 0) is 5.64 Å². The van der Waals surface area contributed by atoms with Crippen molar-refractivity contribution >= 4 is 20.8 Å². The summed E-state index contributed by atoms with van der Waals surface area (Å²) in [6, 6.07) is 0. The van der Waals surface area contributed by atoms with Crippen molar-refractivity contribution in [3.63, 3.8) is 0 Å². The lowest BCUT2D eigenvalue weighted by atomic mass is 13.3. The van der Waals surface area contributed by atoms with E-state index in [1.54, 1.807) is 0 Å². The molecule has 0 heterocycles. The Labute approximate surface area is 71.2 Å². The molecule has 84 valence electrons. The Morgan fingerprint density at radius 3 is 1.23 bits per heavy atom. The second-order valence-corrected chi connectivity index (χ2v) is 3.15. The van der Waals surface area contributed by atoms with E-state index in [0.717, 1.165) is 5.64 Å². The van der Waals surface area contributed by atoms with Gasteiger partial charge in [0.25, 0.3) is 0 Å². The molecule has 0 aliphatic carbocycles. The molecule has 0 spiro atoms. The number of nitrogens with one attached hydrogen (secondary N) is 1. The van der Waals surface area contributed by atoms with Crippen LogP contribution >= 0.6 is 0 Å². The van der Waals surface area contributed by atoms with Crippen LogP contribution in [0.4, 0.5) is 9.41 Å². The van der Waals surface area contributed by atoms with Crippen molar-refractivity contribution < 1.29 is 43.9 Å². The van der Waals surface area contributed by atoms with Crippen LogP contribution in [-0.2, 0) is 29.4 Å². The van der Waals surface area contributed by atoms with Gasteiger partial charge in [-0.1, -0.05) is 0 Å². The highest BCUT2D eigenvalue weighted by Crippen LogP contribution is 1.84. The van der Waals surface area contributed by atoms with Crippen molar-refractivity contribution in [2.75, 3.05) is 0 Å². The molecule has 0 rings (SSSR count). The van der Waals surface area contributed by atoms with Crippen LogP contribution in [0.15, 0.2) is 0 Å². The highest BCUT2D eigenvalue weighted by Gasteiger charge is 2.08. The van der Waals surface area contributed by atoms with Gasteiger partial charge in [0.1, 0.15) is 0 Å². The van der Waals surface area contributed by atoms with Crippen molar-refractivity contribution in [3.05, 3.63) is 0 Å². The molecule has 0 aromatic rings. The van der Waals surface area contributed by atoms with Gasteiger partial charge >= 0.3 is 20.8 Å². The summed E-state index contributed by atoms with van der Waals surface area (Å²) in [5, 5.41) is 0. The number of hydrogen-bond acceptors (Lipinski definition) is 7. The van der Waals surface area contributed by atoms with Crippen molar-refractivity contribution in [1.29, 1.82) is 0 Å². The Morgan fingerprint density at radius 1 is 0.846 bits per heavy atom. The lowest BCUT2D eigenvalue weighted by Crippen LogP contribution is -2.23. The average Bonchev–Trinajstić information content (AvgIpc) is 1.55. The number of rotatable bonds is 4. The molecule has 0 radical (unpaired) electrons. The highest BCUT2D eigenvalue weighted by molar-refractivity contribution is 7.81. The van der Waals surface area contributed by atoms with Crippen LogP contribution in [0.3, 0.4) is 0 Å². The van der Waals surface area contributed by atoms with Crippen LogP contribution in [0.5, 0.6) is 0 Å². The first kappa shape index (κ1) is 18.4. The smallest absolute Gasteiger partial charge is 0.269 e. The molecule has 13 heavy (non-hydrogen) atoms. The fraction of sp³-hybridized carbons (Fsp3) is 0. The monoisotopic (exact) mass is 249 g/mol. The van der Waals surface area contributed by atoms with E-state index in [2.05, 4.69) is 8.57 Å². The second-order valence-electron chi connectivity index (χ2n) is 1.11. The Bertz CT molecular complexity index is 269. The van der Waals surface area contributed by atoms with E-state index in [1.165, 1.54) is 0 Å². The first-order valence-corrected chi connectivity index (χ1v) is 4.50. The Hall–Kier alpha value is -0.440. The van der Waals surface area contributed by atoms with Gasteiger partial charge in [0, 0.05) is 0 Å². The van der Waals surface area contributed by atoms with Gasteiger partial charge in [-0.15, -0.1) is 8.57 Å². The van der Waals surface area contributed by atoms with Crippen LogP contribution in [0.2, 0.25) is 0 Å². The maximum absolute atomic E-state index is 9.63. The Kier molecular flexibility index (Phi) is 8.59. The number of hydrogen-bond donors (Lipinski definition) is 3. The van der Waals surface area contributed by atoms with Gasteiger partial charge in [0.2, 0.25) is 0 Å². The molecule has 0 aromatic heterocycles. The first-order valence-electron chi connectivity index (χ1n) is 1.77. The minimum absolute atomic E-state index is 0. The van der Waals surface area contributed by atoms with E-state index in [-0.39, 0.29) is 9.41 Å². The summed E-state index contributed by atoms with van der Waals surface area (Å²) in [5.41, 5.74) is 0.789. The first-order chi connectivity index (χ1) is 4.71. The standard InChI is InChI=1S/2FH.H3NO8S2/c;;2-10(3,4)8-1-9-11(5,6)7/h2*1H;1H,(H,2,3,4)(H,5,6,7). The quantitative estimate of drug-likeness (QED) is 0.394. The highest BCUT2D eigenvalue weighted by atomic mass is 32.3. The Morgan fingerprint density at radius 2 is 1.08 bits per heavy atom. The third kappa shape index (κ3) is 18.5. The van der Waals surface area contributed by atoms with Gasteiger partial charge in [0.05, 0.1) is 0 Å². The van der Waals surface area contributed by atoms with E-state index in [4.69, 9.17) is 9.11 Å². The summed E-state index contributed by atoms with van der Waals surface area (Å²) in [6.45, 7) is 0. The van der Waals surface area contributed by atoms with Gasteiger partial charge < -0.3 is 0 Å². The fourth-order valence-electron chi connectivity index (χ4n) is 0.0999. The van der Waals surface area contributed by atoms with Crippen LogP contribution in [-0.4, -0.2) is 25.9 Å². The molecular weight excluding hydrogens is 244 g/mol. The van der Waals surface area contributed by atoms with E-state index in [0.29, 0.717) is 0 Å². The van der Waals surface area contributed by atoms with Crippen LogP contribution in [0, 0.1) is 0 Å². The molecule has 0 fully saturated rings. The lowest BCUT2D eigenvalue weighted by Gasteiger charge is -1.97. The van der Waals surface area contributed by atoms with Gasteiger partial charge in [-0.3, -0.25) is 18.5 Å². The van der Waals surface area contributed by atoms with Gasteiger partial charge in [0.15, 0.2) is 0 Å². The molecule has 0 amide bonds. The minimum Gasteiger partial charge on any atom is -0.269 e. The SMILES string of the molecule is F.F.O=S(=O)(O)ONOS(=O)(=O)O. The molecule has 0 unspecified atom stereocenters. The molecule has 13 heteroatoms. The summed E-state index contributed by atoms with van der Waals surface area (Å²) >= 11 is 0. The molecule has 0 atom stereocenters. The topological polar surface area (TPSA) is 139 Å². The largest absolute Gasteiger partial charge is 0.415 e. The van der Waals surface area contributed by atoms with Crippen LogP contribution < -0.4 is 5.64 Å². The maximum Gasteiger partial charge on any atom is 0.415 e. The molecule has 0 aromatic carbocycles. The summed E-state index contributed by atoms with van der Waals surface area (Å²) in [6.07, 6.45) is 0. The Balaban J connectivity index is -0.000000500. The normalized spacial score (nSPS) is 11.2. The summed E-state index contributed by atoms with van der Waals surface area (Å²) < 4.78 is 60.3. The van der Waals surface area contributed by atoms with Crippen molar-refractivity contribution in [2.24, 2.45) is 0 Å². The lowest BCUT2D eigenvalue weighted by molar-refractivity contribution is -0.0242. The average molecular weight is 249 g/mol. The number of halogens is 2. The van der Waals surface area contributed by atoms with E-state index < -0.39 is 20.8 Å². The summed E-state index contributed by atoms with van der Waals surface area (Å²) in [5.74, 6) is 0. The van der Waals surface area contributed by atoms with Crippen LogP contribution in [0.25, 0.3) is 0 Å². The molecule has 9 nitrogen and oxygen atoms in total. The van der Waals surface area contributed by atoms with Crippen LogP contribution in [0.1, 0.15) is 0 Å². The van der Waals surface area contributed by atoms with Gasteiger partial charge in [-0.25, -0.2) is 0 Å². The summed E-state index contributed by atoms with van der Waals surface area (Å²) in [7, 11) is -9.72. The predicted octanol–water partition coefficient (Wildman–Crippen LogP) is -1.65. The molecule has 0 aliphatic heterocycles.